The Hall–Kier alpha value is -2.65. The number of fused-ring (bicyclic) bond motifs is 1. The number of thioether (sulfide) groups is 1. The quantitative estimate of drug-likeness (QED) is 0.394. The fourth-order valence-electron chi connectivity index (χ4n) is 3.28. The van der Waals surface area contributed by atoms with Crippen molar-refractivity contribution in [3.63, 3.8) is 0 Å². The molecule has 1 amide bonds. The van der Waals surface area contributed by atoms with Gasteiger partial charge in [-0.1, -0.05) is 43.8 Å². The van der Waals surface area contributed by atoms with Crippen LogP contribution in [-0.2, 0) is 11.3 Å². The molecule has 9 heteroatoms. The van der Waals surface area contributed by atoms with Crippen LogP contribution in [0.1, 0.15) is 32.6 Å². The van der Waals surface area contributed by atoms with Crippen LogP contribution >= 0.6 is 23.1 Å². The zero-order valence-electron chi connectivity index (χ0n) is 17.1. The maximum atomic E-state index is 12.7. The number of amides is 1. The van der Waals surface area contributed by atoms with Crippen LogP contribution in [0.5, 0.6) is 0 Å². The number of carbonyl (C=O) groups is 1. The molecule has 156 valence electrons. The van der Waals surface area contributed by atoms with Gasteiger partial charge in [0, 0.05) is 6.54 Å². The molecule has 4 aromatic rings. The first-order valence-electron chi connectivity index (χ1n) is 9.90. The van der Waals surface area contributed by atoms with E-state index in [-0.39, 0.29) is 23.6 Å². The van der Waals surface area contributed by atoms with Gasteiger partial charge < -0.3 is 14.9 Å². The van der Waals surface area contributed by atoms with E-state index in [9.17, 15) is 4.79 Å². The molecule has 3 heterocycles. The number of hydrogen-bond donors (Lipinski definition) is 2. The van der Waals surface area contributed by atoms with E-state index in [2.05, 4.69) is 46.3 Å². The van der Waals surface area contributed by atoms with Crippen molar-refractivity contribution in [3.8, 4) is 10.7 Å². The largest absolute Gasteiger partial charge is 0.345 e. The zero-order valence-corrected chi connectivity index (χ0v) is 18.8. The van der Waals surface area contributed by atoms with Crippen LogP contribution in [0.3, 0.4) is 0 Å². The van der Waals surface area contributed by atoms with Crippen molar-refractivity contribution in [2.75, 3.05) is 5.75 Å². The molecule has 1 atom stereocenters. The number of rotatable bonds is 8. The van der Waals surface area contributed by atoms with Gasteiger partial charge in [-0.15, -0.1) is 21.5 Å². The molecule has 0 unspecified atom stereocenters. The average Bonchev–Trinajstić information content (AvgIpc) is 3.48. The number of nitrogens with zero attached hydrogens (tertiary/aromatic N) is 4. The maximum absolute atomic E-state index is 12.7. The summed E-state index contributed by atoms with van der Waals surface area (Å²) in [7, 11) is 0. The highest BCUT2D eigenvalue weighted by Crippen LogP contribution is 2.27. The molecule has 1 aromatic carbocycles. The minimum absolute atomic E-state index is 0.0533. The summed E-state index contributed by atoms with van der Waals surface area (Å²) in [6, 6.07) is 11.7. The summed E-state index contributed by atoms with van der Waals surface area (Å²) in [5.41, 5.74) is 1.87. The van der Waals surface area contributed by atoms with E-state index in [0.717, 1.165) is 39.3 Å². The molecule has 0 saturated carbocycles. The summed E-state index contributed by atoms with van der Waals surface area (Å²) in [6.45, 7) is 6.96. The fourth-order valence-corrected chi connectivity index (χ4v) is 4.82. The Morgan fingerprint density at radius 3 is 2.77 bits per heavy atom. The predicted octanol–water partition coefficient (Wildman–Crippen LogP) is 4.51. The van der Waals surface area contributed by atoms with E-state index in [0.29, 0.717) is 0 Å². The molecule has 0 spiro atoms. The molecule has 0 radical (unpaired) electrons. The summed E-state index contributed by atoms with van der Waals surface area (Å²) in [5, 5.41) is 14.5. The first-order chi connectivity index (χ1) is 14.6. The standard InChI is InChI=1S/C21H24N6OS2/c1-4-27-20(16-10-7-11-29-16)25-26-21(27)30-12-17(28)24-18(13(2)3)19-22-14-8-5-6-9-15(14)23-19/h5-11,13,18H,4,12H2,1-3H3,(H,22,23)(H,24,28)/t18-/m1/s1. The van der Waals surface area contributed by atoms with Crippen molar-refractivity contribution in [2.45, 2.75) is 38.5 Å². The number of benzene rings is 1. The van der Waals surface area contributed by atoms with Crippen molar-refractivity contribution < 1.29 is 4.79 Å². The van der Waals surface area contributed by atoms with Crippen molar-refractivity contribution in [1.82, 2.24) is 30.0 Å². The summed E-state index contributed by atoms with van der Waals surface area (Å²) in [5.74, 6) is 2.04. The minimum Gasteiger partial charge on any atom is -0.345 e. The predicted molar refractivity (Wildman–Crippen MR) is 122 cm³/mol. The normalized spacial score (nSPS) is 12.5. The van der Waals surface area contributed by atoms with Gasteiger partial charge in [0.15, 0.2) is 11.0 Å². The molecule has 0 aliphatic carbocycles. The van der Waals surface area contributed by atoms with Crippen LogP contribution in [0.15, 0.2) is 46.9 Å². The summed E-state index contributed by atoms with van der Waals surface area (Å²) < 4.78 is 2.04. The molecule has 30 heavy (non-hydrogen) atoms. The monoisotopic (exact) mass is 440 g/mol. The Morgan fingerprint density at radius 1 is 1.23 bits per heavy atom. The van der Waals surface area contributed by atoms with Crippen LogP contribution in [-0.4, -0.2) is 36.4 Å². The van der Waals surface area contributed by atoms with Crippen LogP contribution in [0.4, 0.5) is 0 Å². The summed E-state index contributed by atoms with van der Waals surface area (Å²) in [6.07, 6.45) is 0. The highest BCUT2D eigenvalue weighted by atomic mass is 32.2. The molecule has 7 nitrogen and oxygen atoms in total. The van der Waals surface area contributed by atoms with E-state index < -0.39 is 0 Å². The Morgan fingerprint density at radius 2 is 2.07 bits per heavy atom. The number of carbonyl (C=O) groups excluding carboxylic acids is 1. The second-order valence-corrected chi connectivity index (χ2v) is 9.14. The molecular weight excluding hydrogens is 416 g/mol. The Bertz CT molecular complexity index is 1100. The molecule has 0 bridgehead atoms. The first kappa shape index (κ1) is 20.6. The Kier molecular flexibility index (Phi) is 6.19. The number of aromatic nitrogens is 5. The molecule has 3 aromatic heterocycles. The van der Waals surface area contributed by atoms with E-state index in [4.69, 9.17) is 0 Å². The number of para-hydroxylation sites is 2. The smallest absolute Gasteiger partial charge is 0.231 e. The van der Waals surface area contributed by atoms with Crippen LogP contribution in [0.25, 0.3) is 21.7 Å². The number of aromatic amines is 1. The maximum Gasteiger partial charge on any atom is 0.231 e. The number of hydrogen-bond acceptors (Lipinski definition) is 6. The molecule has 0 aliphatic heterocycles. The minimum atomic E-state index is -0.184. The molecule has 0 fully saturated rings. The van der Waals surface area contributed by atoms with Crippen LogP contribution in [0.2, 0.25) is 0 Å². The van der Waals surface area contributed by atoms with Gasteiger partial charge in [-0.2, -0.15) is 0 Å². The van der Waals surface area contributed by atoms with E-state index in [1.807, 2.05) is 46.3 Å². The number of thiophene rings is 1. The topological polar surface area (TPSA) is 88.5 Å². The molecule has 4 rings (SSSR count). The van der Waals surface area contributed by atoms with Gasteiger partial charge in [-0.3, -0.25) is 4.79 Å². The van der Waals surface area contributed by atoms with Gasteiger partial charge in [0.25, 0.3) is 0 Å². The van der Waals surface area contributed by atoms with Gasteiger partial charge in [-0.05, 0) is 36.4 Å². The number of H-pyrrole nitrogens is 1. The molecule has 2 N–H and O–H groups in total. The van der Waals surface area contributed by atoms with Crippen LogP contribution < -0.4 is 5.32 Å². The van der Waals surface area contributed by atoms with E-state index in [1.54, 1.807) is 11.3 Å². The van der Waals surface area contributed by atoms with E-state index >= 15 is 0 Å². The highest BCUT2D eigenvalue weighted by Gasteiger charge is 2.22. The lowest BCUT2D eigenvalue weighted by Gasteiger charge is -2.20. The van der Waals surface area contributed by atoms with Gasteiger partial charge in [-0.25, -0.2) is 4.98 Å². The third-order valence-electron chi connectivity index (χ3n) is 4.79. The van der Waals surface area contributed by atoms with Gasteiger partial charge in [0.2, 0.25) is 5.91 Å². The van der Waals surface area contributed by atoms with E-state index in [1.165, 1.54) is 11.8 Å². The average molecular weight is 441 g/mol. The van der Waals surface area contributed by atoms with Crippen molar-refractivity contribution >= 4 is 40.0 Å². The van der Waals surface area contributed by atoms with Crippen molar-refractivity contribution in [3.05, 3.63) is 47.6 Å². The lowest BCUT2D eigenvalue weighted by Crippen LogP contribution is -2.33. The Labute approximate surface area is 183 Å². The molecule has 0 aliphatic rings. The SMILES string of the molecule is CCn1c(SCC(=O)N[C@@H](c2nc3ccccc3[nH]2)C(C)C)nnc1-c1cccs1. The van der Waals surface area contributed by atoms with Gasteiger partial charge >= 0.3 is 0 Å². The zero-order chi connectivity index (χ0) is 21.1. The van der Waals surface area contributed by atoms with Crippen LogP contribution in [0, 0.1) is 5.92 Å². The Balaban J connectivity index is 1.44. The fraction of sp³-hybridized carbons (Fsp3) is 0.333. The lowest BCUT2D eigenvalue weighted by atomic mass is 10.0. The van der Waals surface area contributed by atoms with Gasteiger partial charge in [0.05, 0.1) is 27.7 Å². The van der Waals surface area contributed by atoms with Crippen molar-refractivity contribution in [1.29, 1.82) is 0 Å². The summed E-state index contributed by atoms with van der Waals surface area (Å²) >= 11 is 3.03. The second kappa shape index (κ2) is 9.01. The number of nitrogens with one attached hydrogen (secondary N) is 2. The lowest BCUT2D eigenvalue weighted by molar-refractivity contribution is -0.119. The first-order valence-corrected chi connectivity index (χ1v) is 11.8. The third-order valence-corrected chi connectivity index (χ3v) is 6.62. The summed E-state index contributed by atoms with van der Waals surface area (Å²) in [4.78, 5) is 21.8. The second-order valence-electron chi connectivity index (χ2n) is 7.24. The number of imidazole rings is 1. The third kappa shape index (κ3) is 4.27. The van der Waals surface area contributed by atoms with Crippen molar-refractivity contribution in [2.24, 2.45) is 5.92 Å². The molecule has 0 saturated heterocycles. The van der Waals surface area contributed by atoms with Gasteiger partial charge in [0.1, 0.15) is 5.82 Å². The highest BCUT2D eigenvalue weighted by molar-refractivity contribution is 7.99. The molecular formula is C21H24N6OS2.